The van der Waals surface area contributed by atoms with E-state index in [-0.39, 0.29) is 11.2 Å². The molecule has 0 amide bonds. The maximum absolute atomic E-state index is 7.31. The highest BCUT2D eigenvalue weighted by Crippen LogP contribution is 2.38. The van der Waals surface area contributed by atoms with Crippen LogP contribution in [0.1, 0.15) is 27.7 Å². The Morgan fingerprint density at radius 3 is 2.18 bits per heavy atom. The Kier molecular flexibility index (Phi) is 6.44. The molecule has 1 fully saturated rings. The molecule has 0 unspecified atom stereocenters. The lowest BCUT2D eigenvalue weighted by Crippen LogP contribution is -2.41. The third-order valence-electron chi connectivity index (χ3n) is 4.14. The summed E-state index contributed by atoms with van der Waals surface area (Å²) in [5, 5.41) is 10.5. The van der Waals surface area contributed by atoms with Gasteiger partial charge in [0, 0.05) is 26.5 Å². The van der Waals surface area contributed by atoms with Gasteiger partial charge in [0.05, 0.1) is 11.2 Å². The zero-order chi connectivity index (χ0) is 17.0. The van der Waals surface area contributed by atoms with E-state index in [2.05, 4.69) is 25.0 Å². The molecular weight excluding hydrogens is 295 g/mol. The number of rotatable bonds is 8. The molecule has 1 aliphatic heterocycles. The van der Waals surface area contributed by atoms with Gasteiger partial charge in [-0.15, -0.1) is 0 Å². The van der Waals surface area contributed by atoms with Gasteiger partial charge in [0.2, 0.25) is 0 Å². The van der Waals surface area contributed by atoms with E-state index >= 15 is 0 Å². The van der Waals surface area contributed by atoms with Crippen LogP contribution >= 0.6 is 0 Å². The van der Waals surface area contributed by atoms with E-state index in [1.165, 1.54) is 6.21 Å². The molecule has 7 heteroatoms. The van der Waals surface area contributed by atoms with Crippen molar-refractivity contribution in [2.75, 3.05) is 13.3 Å². The van der Waals surface area contributed by atoms with Gasteiger partial charge >= 0.3 is 7.12 Å². The maximum Gasteiger partial charge on any atom is 0.511 e. The molecule has 0 aromatic rings. The van der Waals surface area contributed by atoms with Crippen LogP contribution in [0.15, 0.2) is 11.7 Å². The van der Waals surface area contributed by atoms with Crippen LogP contribution in [0.3, 0.4) is 0 Å². The van der Waals surface area contributed by atoms with E-state index in [1.807, 2.05) is 27.7 Å². The van der Waals surface area contributed by atoms with Crippen molar-refractivity contribution >= 4 is 21.4 Å². The second-order valence-electron chi connectivity index (χ2n) is 7.92. The number of nitrogens with one attached hydrogen (secondary N) is 2. The largest absolute Gasteiger partial charge is 0.511 e. The second-order valence-corrected chi connectivity index (χ2v) is 13.5. The fourth-order valence-corrected chi connectivity index (χ4v) is 2.62. The van der Waals surface area contributed by atoms with Gasteiger partial charge in [-0.3, -0.25) is 0 Å². The third-order valence-corrected chi connectivity index (χ3v) is 5.85. The van der Waals surface area contributed by atoms with Crippen LogP contribution in [0.4, 0.5) is 0 Å². The van der Waals surface area contributed by atoms with Crippen molar-refractivity contribution in [1.82, 2.24) is 5.32 Å². The molecule has 22 heavy (non-hydrogen) atoms. The minimum Gasteiger partial charge on any atom is -0.398 e. The summed E-state index contributed by atoms with van der Waals surface area (Å²) in [4.78, 5) is 0. The van der Waals surface area contributed by atoms with Crippen molar-refractivity contribution < 1.29 is 14.0 Å². The van der Waals surface area contributed by atoms with Gasteiger partial charge in [-0.1, -0.05) is 19.6 Å². The number of hydrogen-bond acceptors (Lipinski definition) is 5. The number of hydrogen-bond donors (Lipinski definition) is 2. The van der Waals surface area contributed by atoms with E-state index in [0.717, 1.165) is 18.2 Å². The Bertz CT molecular complexity index is 404. The molecule has 0 radical (unpaired) electrons. The van der Waals surface area contributed by atoms with Gasteiger partial charge in [-0.2, -0.15) is 0 Å². The quantitative estimate of drug-likeness (QED) is 0.311. The standard InChI is InChI=1S/C15H31BN2O3Si/c1-14(2)15(3,4)21-16(20-14)13(8-9-17)18-12-19-10-11-22(5,6)7/h8-9,17-18H,10-12H2,1-7H3/b13-8-,17-9?. The topological polar surface area (TPSA) is 63.6 Å². The Morgan fingerprint density at radius 2 is 1.73 bits per heavy atom. The van der Waals surface area contributed by atoms with Gasteiger partial charge in [-0.25, -0.2) is 0 Å². The monoisotopic (exact) mass is 326 g/mol. The average molecular weight is 326 g/mol. The van der Waals surface area contributed by atoms with Crippen molar-refractivity contribution in [3.63, 3.8) is 0 Å². The Labute approximate surface area is 136 Å². The summed E-state index contributed by atoms with van der Waals surface area (Å²) in [7, 11) is -1.56. The number of ether oxygens (including phenoxy) is 1. The highest BCUT2D eigenvalue weighted by atomic mass is 28.3. The highest BCUT2D eigenvalue weighted by Gasteiger charge is 2.52. The van der Waals surface area contributed by atoms with Crippen molar-refractivity contribution in [1.29, 1.82) is 5.41 Å². The van der Waals surface area contributed by atoms with Crippen LogP contribution < -0.4 is 5.32 Å². The summed E-state index contributed by atoms with van der Waals surface area (Å²) >= 11 is 0. The lowest BCUT2D eigenvalue weighted by Gasteiger charge is -2.32. The van der Waals surface area contributed by atoms with Crippen LogP contribution in [0.2, 0.25) is 25.7 Å². The Morgan fingerprint density at radius 1 is 1.18 bits per heavy atom. The minimum absolute atomic E-state index is 0.390. The second kappa shape index (κ2) is 7.30. The van der Waals surface area contributed by atoms with Crippen LogP contribution in [0.5, 0.6) is 0 Å². The minimum atomic E-state index is -1.07. The van der Waals surface area contributed by atoms with Crippen LogP contribution in [-0.4, -0.2) is 45.9 Å². The van der Waals surface area contributed by atoms with Gasteiger partial charge in [-0.05, 0) is 39.8 Å². The maximum atomic E-state index is 7.31. The van der Waals surface area contributed by atoms with E-state index in [4.69, 9.17) is 19.5 Å². The van der Waals surface area contributed by atoms with E-state index in [9.17, 15) is 0 Å². The molecule has 0 bridgehead atoms. The number of allylic oxidation sites excluding steroid dienone is 1. The first-order valence-corrected chi connectivity index (χ1v) is 11.6. The summed E-state index contributed by atoms with van der Waals surface area (Å²) in [5.41, 5.74) is -0.0557. The average Bonchev–Trinajstić information content (AvgIpc) is 2.55. The molecule has 0 saturated carbocycles. The van der Waals surface area contributed by atoms with Crippen molar-refractivity contribution in [2.45, 2.75) is 64.6 Å². The zero-order valence-electron chi connectivity index (χ0n) is 15.1. The summed E-state index contributed by atoms with van der Waals surface area (Å²) in [5.74, 6) is 0. The smallest absolute Gasteiger partial charge is 0.398 e. The van der Waals surface area contributed by atoms with Crippen molar-refractivity contribution in [2.24, 2.45) is 0 Å². The highest BCUT2D eigenvalue weighted by molar-refractivity contribution is 6.76. The molecule has 1 aliphatic rings. The summed E-state index contributed by atoms with van der Waals surface area (Å²) in [6, 6.07) is 1.13. The third kappa shape index (κ3) is 5.53. The molecule has 0 aromatic carbocycles. The molecule has 1 rings (SSSR count). The van der Waals surface area contributed by atoms with Crippen molar-refractivity contribution in [3.8, 4) is 0 Å². The molecule has 1 saturated heterocycles. The summed E-state index contributed by atoms with van der Waals surface area (Å²) < 4.78 is 17.6. The predicted molar refractivity (Wildman–Crippen MR) is 95.1 cm³/mol. The summed E-state index contributed by atoms with van der Waals surface area (Å²) in [6.45, 7) is 16.2. The first-order valence-electron chi connectivity index (χ1n) is 7.86. The first-order chi connectivity index (χ1) is 9.98. The van der Waals surface area contributed by atoms with Gasteiger partial charge in [0.25, 0.3) is 0 Å². The molecule has 5 nitrogen and oxygen atoms in total. The van der Waals surface area contributed by atoms with Gasteiger partial charge < -0.3 is 24.8 Å². The SMILES string of the molecule is CC1(C)OB(/C(=C/C=N)NCOCC[Si](C)(C)C)OC1(C)C. The molecule has 0 aliphatic carbocycles. The van der Waals surface area contributed by atoms with Crippen LogP contribution in [-0.2, 0) is 14.0 Å². The fraction of sp³-hybridized carbons (Fsp3) is 0.800. The normalized spacial score (nSPS) is 21.0. The molecule has 0 aromatic heterocycles. The zero-order valence-corrected chi connectivity index (χ0v) is 16.1. The molecule has 0 atom stereocenters. The lowest BCUT2D eigenvalue weighted by molar-refractivity contribution is 0.00578. The van der Waals surface area contributed by atoms with Gasteiger partial charge in [0.1, 0.15) is 6.73 Å². The molecule has 1 heterocycles. The molecular formula is C15H31BN2O3Si. The van der Waals surface area contributed by atoms with Crippen LogP contribution in [0.25, 0.3) is 0 Å². The van der Waals surface area contributed by atoms with E-state index in [1.54, 1.807) is 6.08 Å². The van der Waals surface area contributed by atoms with Crippen molar-refractivity contribution in [3.05, 3.63) is 11.7 Å². The fourth-order valence-electron chi connectivity index (χ4n) is 1.87. The van der Waals surface area contributed by atoms with E-state index < -0.39 is 15.2 Å². The first kappa shape index (κ1) is 19.4. The Hall–Kier alpha value is -0.628. The summed E-state index contributed by atoms with van der Waals surface area (Å²) in [6.07, 6.45) is 2.89. The molecule has 126 valence electrons. The molecule has 2 N–H and O–H groups in total. The molecule has 0 spiro atoms. The van der Waals surface area contributed by atoms with E-state index in [0.29, 0.717) is 6.73 Å². The lowest BCUT2D eigenvalue weighted by atomic mass is 9.84. The Balaban J connectivity index is 2.51. The van der Waals surface area contributed by atoms with Crippen LogP contribution in [0, 0.1) is 5.41 Å². The predicted octanol–water partition coefficient (Wildman–Crippen LogP) is 3.05. The van der Waals surface area contributed by atoms with Gasteiger partial charge in [0.15, 0.2) is 0 Å².